The molecule has 3 heterocycles. The van der Waals surface area contributed by atoms with Gasteiger partial charge in [-0.15, -0.1) is 0 Å². The van der Waals surface area contributed by atoms with Gasteiger partial charge in [0.15, 0.2) is 0 Å². The Kier molecular flexibility index (Phi) is 3.99. The number of fused-ring (bicyclic) bond motifs is 3. The maximum Gasteiger partial charge on any atom is 0.337 e. The molecule has 6 heteroatoms. The molecule has 2 aromatic carbocycles. The zero-order valence-corrected chi connectivity index (χ0v) is 15.7. The third-order valence-electron chi connectivity index (χ3n) is 6.27. The fraction of sp³-hybridized carbons (Fsp3) is 0.304. The lowest BCUT2D eigenvalue weighted by molar-refractivity contribution is -0.0478. The number of rotatable bonds is 2. The van der Waals surface area contributed by atoms with Gasteiger partial charge in [0.05, 0.1) is 11.2 Å². The van der Waals surface area contributed by atoms with Crippen LogP contribution in [0.5, 0.6) is 5.75 Å². The van der Waals surface area contributed by atoms with E-state index < -0.39 is 11.2 Å². The fourth-order valence-electron chi connectivity index (χ4n) is 5.01. The van der Waals surface area contributed by atoms with E-state index in [1.54, 1.807) is 0 Å². The van der Waals surface area contributed by atoms with Crippen LogP contribution in [-0.4, -0.2) is 33.1 Å². The normalized spacial score (nSPS) is 26.0. The molecule has 1 aromatic heterocycles. The van der Waals surface area contributed by atoms with Gasteiger partial charge < -0.3 is 19.5 Å². The first-order chi connectivity index (χ1) is 13.9. The first-order valence-corrected chi connectivity index (χ1v) is 9.82. The number of piperidine rings is 1. The summed E-state index contributed by atoms with van der Waals surface area (Å²) in [7, 11) is 0. The van der Waals surface area contributed by atoms with E-state index in [1.165, 1.54) is 24.3 Å². The molecule has 29 heavy (non-hydrogen) atoms. The number of benzene rings is 2. The van der Waals surface area contributed by atoms with E-state index in [9.17, 15) is 19.8 Å². The molecule has 0 saturated carbocycles. The van der Waals surface area contributed by atoms with Crippen molar-refractivity contribution in [2.45, 2.75) is 43.4 Å². The molecular weight excluding hydrogens is 370 g/mol. The van der Waals surface area contributed by atoms with Crippen LogP contribution in [0.2, 0.25) is 0 Å². The Bertz CT molecular complexity index is 1140. The molecule has 2 saturated heterocycles. The summed E-state index contributed by atoms with van der Waals surface area (Å²) < 4.78 is 5.18. The van der Waals surface area contributed by atoms with Crippen molar-refractivity contribution < 1.29 is 19.4 Å². The van der Waals surface area contributed by atoms with Gasteiger partial charge in [-0.1, -0.05) is 30.3 Å². The third-order valence-corrected chi connectivity index (χ3v) is 6.27. The summed E-state index contributed by atoms with van der Waals surface area (Å²) in [4.78, 5) is 27.3. The summed E-state index contributed by atoms with van der Waals surface area (Å²) in [6.45, 7) is 0. The number of aromatic hydroxyl groups is 1. The topological polar surface area (TPSA) is 91.0 Å². The Morgan fingerprint density at radius 3 is 2.41 bits per heavy atom. The number of aliphatic hydroxyl groups is 1. The van der Waals surface area contributed by atoms with Gasteiger partial charge in [-0.3, -0.25) is 4.79 Å². The van der Waals surface area contributed by atoms with Crippen LogP contribution in [0.15, 0.2) is 63.8 Å². The highest BCUT2D eigenvalue weighted by Gasteiger charge is 2.50. The van der Waals surface area contributed by atoms with E-state index in [0.29, 0.717) is 18.2 Å². The van der Waals surface area contributed by atoms with Crippen LogP contribution in [0, 0.1) is 0 Å². The van der Waals surface area contributed by atoms with Crippen molar-refractivity contribution in [3.8, 4) is 5.75 Å². The van der Waals surface area contributed by atoms with E-state index in [2.05, 4.69) is 0 Å². The molecule has 2 unspecified atom stereocenters. The van der Waals surface area contributed by atoms with Gasteiger partial charge in [0.1, 0.15) is 11.3 Å². The first kappa shape index (κ1) is 17.9. The zero-order valence-electron chi connectivity index (χ0n) is 15.7. The third kappa shape index (κ3) is 2.91. The van der Waals surface area contributed by atoms with E-state index in [0.717, 1.165) is 18.4 Å². The number of nitrogens with zero attached hydrogens (tertiary/aromatic N) is 1. The Balaban J connectivity index is 1.52. The van der Waals surface area contributed by atoms with E-state index in [-0.39, 0.29) is 34.9 Å². The average Bonchev–Trinajstić information content (AvgIpc) is 2.99. The number of hydrogen-bond donors (Lipinski definition) is 2. The highest BCUT2D eigenvalue weighted by molar-refractivity contribution is 6.06. The molecule has 2 bridgehead atoms. The lowest BCUT2D eigenvalue weighted by atomic mass is 9.80. The molecule has 3 aromatic rings. The van der Waals surface area contributed by atoms with Crippen LogP contribution >= 0.6 is 0 Å². The first-order valence-electron chi connectivity index (χ1n) is 9.82. The highest BCUT2D eigenvalue weighted by Crippen LogP contribution is 2.46. The smallest absolute Gasteiger partial charge is 0.337 e. The minimum absolute atomic E-state index is 0.000433. The van der Waals surface area contributed by atoms with Gasteiger partial charge >= 0.3 is 5.63 Å². The van der Waals surface area contributed by atoms with E-state index >= 15 is 0 Å². The molecule has 2 N–H and O–H groups in total. The number of carbonyl (C=O) groups is 1. The van der Waals surface area contributed by atoms with Gasteiger partial charge in [0.25, 0.3) is 5.91 Å². The second kappa shape index (κ2) is 6.46. The summed E-state index contributed by atoms with van der Waals surface area (Å²) in [6, 6.07) is 14.9. The van der Waals surface area contributed by atoms with Crippen molar-refractivity contribution in [2.24, 2.45) is 0 Å². The monoisotopic (exact) mass is 391 g/mol. The number of carbonyl (C=O) groups excluding carboxylic acids is 1. The van der Waals surface area contributed by atoms with Gasteiger partial charge in [-0.2, -0.15) is 0 Å². The van der Waals surface area contributed by atoms with Crippen LogP contribution in [0.25, 0.3) is 11.0 Å². The standard InChI is InChI=1S/C23H21NO5/c25-17-8-9-20-18(10-17)19(11-21(26)29-20)22(27)24-15-6-7-16(24)13-23(28,12-15)14-4-2-1-3-5-14/h1-5,8-11,15-16,25,28H,6-7,12-13H2. The van der Waals surface area contributed by atoms with Crippen molar-refractivity contribution in [3.05, 3.63) is 76.1 Å². The zero-order chi connectivity index (χ0) is 20.2. The van der Waals surface area contributed by atoms with Crippen LogP contribution < -0.4 is 5.63 Å². The second-order valence-corrected chi connectivity index (χ2v) is 8.06. The minimum atomic E-state index is -0.958. The molecular formula is C23H21NO5. The van der Waals surface area contributed by atoms with Crippen LogP contribution in [-0.2, 0) is 5.60 Å². The molecule has 0 spiro atoms. The lowest BCUT2D eigenvalue weighted by Gasteiger charge is -2.44. The van der Waals surface area contributed by atoms with Crippen molar-refractivity contribution in [1.29, 1.82) is 0 Å². The summed E-state index contributed by atoms with van der Waals surface area (Å²) in [5.74, 6) is -0.253. The van der Waals surface area contributed by atoms with Crippen LogP contribution in [0.3, 0.4) is 0 Å². The van der Waals surface area contributed by atoms with Gasteiger partial charge in [0, 0.05) is 36.4 Å². The maximum absolute atomic E-state index is 13.5. The van der Waals surface area contributed by atoms with Crippen molar-refractivity contribution in [2.75, 3.05) is 0 Å². The quantitative estimate of drug-likeness (QED) is 0.655. The number of hydrogen-bond acceptors (Lipinski definition) is 5. The summed E-state index contributed by atoms with van der Waals surface area (Å²) in [5.41, 5.74) is -0.186. The minimum Gasteiger partial charge on any atom is -0.508 e. The Morgan fingerprint density at radius 2 is 1.72 bits per heavy atom. The molecule has 0 aliphatic carbocycles. The maximum atomic E-state index is 13.5. The predicted octanol–water partition coefficient (Wildman–Crippen LogP) is 3.15. The van der Waals surface area contributed by atoms with Crippen molar-refractivity contribution >= 4 is 16.9 Å². The van der Waals surface area contributed by atoms with Gasteiger partial charge in [0.2, 0.25) is 0 Å². The average molecular weight is 391 g/mol. The molecule has 5 rings (SSSR count). The molecule has 2 fully saturated rings. The largest absolute Gasteiger partial charge is 0.508 e. The lowest BCUT2D eigenvalue weighted by Crippen LogP contribution is -2.52. The van der Waals surface area contributed by atoms with Gasteiger partial charge in [-0.05, 0) is 36.6 Å². The number of amides is 1. The SMILES string of the molecule is O=C(c1cc(=O)oc2ccc(O)cc12)N1C2CCC1CC(O)(c1ccccc1)C2. The molecule has 2 aliphatic rings. The summed E-state index contributed by atoms with van der Waals surface area (Å²) in [6.07, 6.45) is 2.56. The summed E-state index contributed by atoms with van der Waals surface area (Å²) in [5, 5.41) is 21.6. The van der Waals surface area contributed by atoms with E-state index in [4.69, 9.17) is 4.42 Å². The van der Waals surface area contributed by atoms with Crippen LogP contribution in [0.4, 0.5) is 0 Å². The van der Waals surface area contributed by atoms with Crippen molar-refractivity contribution in [3.63, 3.8) is 0 Å². The molecule has 1 amide bonds. The van der Waals surface area contributed by atoms with Gasteiger partial charge in [-0.25, -0.2) is 4.79 Å². The van der Waals surface area contributed by atoms with Crippen molar-refractivity contribution in [1.82, 2.24) is 4.90 Å². The molecule has 0 radical (unpaired) electrons. The number of phenols is 1. The molecule has 148 valence electrons. The predicted molar refractivity (Wildman–Crippen MR) is 107 cm³/mol. The second-order valence-electron chi connectivity index (χ2n) is 8.06. The van der Waals surface area contributed by atoms with E-state index in [1.807, 2.05) is 35.2 Å². The Morgan fingerprint density at radius 1 is 1.03 bits per heavy atom. The Labute approximate surface area is 167 Å². The molecule has 2 aliphatic heterocycles. The number of phenolic OH excluding ortho intramolecular Hbond substituents is 1. The Hall–Kier alpha value is -3.12. The summed E-state index contributed by atoms with van der Waals surface area (Å²) >= 11 is 0. The van der Waals surface area contributed by atoms with Crippen LogP contribution in [0.1, 0.15) is 41.6 Å². The highest BCUT2D eigenvalue weighted by atomic mass is 16.4. The molecule has 6 nitrogen and oxygen atoms in total. The fourth-order valence-corrected chi connectivity index (χ4v) is 5.01. The molecule has 2 atom stereocenters.